The van der Waals surface area contributed by atoms with E-state index in [1.807, 2.05) is 20.8 Å². The molecule has 1 amide bonds. The molecule has 1 aliphatic carbocycles. The second-order valence-electron chi connectivity index (χ2n) is 6.58. The molecule has 110 valence electrons. The summed E-state index contributed by atoms with van der Waals surface area (Å²) in [5.41, 5.74) is -0.430. The van der Waals surface area contributed by atoms with Crippen molar-refractivity contribution < 1.29 is 14.3 Å². The van der Waals surface area contributed by atoms with Gasteiger partial charge in [0, 0.05) is 13.1 Å². The lowest BCUT2D eigenvalue weighted by Crippen LogP contribution is -2.47. The molecule has 0 bridgehead atoms. The van der Waals surface area contributed by atoms with Gasteiger partial charge in [-0.2, -0.15) is 0 Å². The van der Waals surface area contributed by atoms with Gasteiger partial charge in [0.25, 0.3) is 0 Å². The first-order chi connectivity index (χ1) is 8.70. The van der Waals surface area contributed by atoms with Crippen molar-refractivity contribution in [3.05, 3.63) is 0 Å². The highest BCUT2D eigenvalue weighted by Gasteiger charge is 2.43. The maximum Gasteiger partial charge on any atom is 0.319 e. The van der Waals surface area contributed by atoms with Crippen molar-refractivity contribution in [1.82, 2.24) is 4.90 Å². The zero-order chi connectivity index (χ0) is 14.8. The monoisotopic (exact) mass is 269 g/mol. The first kappa shape index (κ1) is 16.0. The summed E-state index contributed by atoms with van der Waals surface area (Å²) in [4.78, 5) is 26.4. The van der Waals surface area contributed by atoms with Crippen LogP contribution in [0.4, 0.5) is 0 Å². The van der Waals surface area contributed by atoms with E-state index in [1.165, 1.54) is 12.8 Å². The fraction of sp³-hybridized carbons (Fsp3) is 0.867. The highest BCUT2D eigenvalue weighted by atomic mass is 16.5. The molecule has 1 aliphatic rings. The molecule has 2 atom stereocenters. The number of ether oxygens (including phenoxy) is 1. The van der Waals surface area contributed by atoms with E-state index < -0.39 is 17.3 Å². The molecule has 4 nitrogen and oxygen atoms in total. The topological polar surface area (TPSA) is 46.6 Å². The lowest BCUT2D eigenvalue weighted by molar-refractivity contribution is -0.160. The smallest absolute Gasteiger partial charge is 0.319 e. The van der Waals surface area contributed by atoms with Crippen LogP contribution in [-0.2, 0) is 14.3 Å². The van der Waals surface area contributed by atoms with E-state index in [4.69, 9.17) is 4.74 Å². The van der Waals surface area contributed by atoms with E-state index in [0.29, 0.717) is 12.5 Å². The Morgan fingerprint density at radius 1 is 1.32 bits per heavy atom. The number of amides is 1. The van der Waals surface area contributed by atoms with E-state index >= 15 is 0 Å². The molecule has 19 heavy (non-hydrogen) atoms. The van der Waals surface area contributed by atoms with Crippen LogP contribution in [0.2, 0.25) is 0 Å². The summed E-state index contributed by atoms with van der Waals surface area (Å²) in [5.74, 6) is -0.657. The molecule has 2 unspecified atom stereocenters. The van der Waals surface area contributed by atoms with Gasteiger partial charge in [-0.1, -0.05) is 20.8 Å². The summed E-state index contributed by atoms with van der Waals surface area (Å²) in [6, 6.07) is 0.201. The highest BCUT2D eigenvalue weighted by molar-refractivity contribution is 5.98. The Morgan fingerprint density at radius 2 is 1.84 bits per heavy atom. The molecule has 1 fully saturated rings. The van der Waals surface area contributed by atoms with E-state index in [-0.39, 0.29) is 11.9 Å². The fourth-order valence-corrected chi connectivity index (χ4v) is 2.35. The summed E-state index contributed by atoms with van der Waals surface area (Å²) < 4.78 is 5.07. The van der Waals surface area contributed by atoms with Gasteiger partial charge in [-0.3, -0.25) is 9.59 Å². The van der Waals surface area contributed by atoms with Crippen LogP contribution in [0.15, 0.2) is 0 Å². The van der Waals surface area contributed by atoms with Gasteiger partial charge < -0.3 is 9.64 Å². The molecule has 1 saturated carbocycles. The summed E-state index contributed by atoms with van der Waals surface area (Å²) in [6.07, 6.45) is 2.36. The molecule has 0 saturated heterocycles. The number of nitrogens with zero attached hydrogens (tertiary/aromatic N) is 1. The summed E-state index contributed by atoms with van der Waals surface area (Å²) in [5, 5.41) is 0. The van der Waals surface area contributed by atoms with Crippen molar-refractivity contribution in [3.8, 4) is 0 Å². The van der Waals surface area contributed by atoms with Crippen molar-refractivity contribution in [3.63, 3.8) is 0 Å². The molecular weight excluding hydrogens is 242 g/mol. The zero-order valence-electron chi connectivity index (χ0n) is 13.0. The maximum atomic E-state index is 12.6. The molecule has 1 rings (SSSR count). The van der Waals surface area contributed by atoms with Crippen LogP contribution in [0.5, 0.6) is 0 Å². The quantitative estimate of drug-likeness (QED) is 0.569. The Morgan fingerprint density at radius 3 is 2.21 bits per heavy atom. The predicted molar refractivity (Wildman–Crippen MR) is 74.5 cm³/mol. The molecule has 0 aromatic rings. The van der Waals surface area contributed by atoms with E-state index in [9.17, 15) is 9.59 Å². The number of rotatable bonds is 5. The van der Waals surface area contributed by atoms with Gasteiger partial charge in [-0.25, -0.2) is 0 Å². The van der Waals surface area contributed by atoms with Crippen LogP contribution in [0.1, 0.15) is 47.5 Å². The van der Waals surface area contributed by atoms with Crippen molar-refractivity contribution >= 4 is 11.9 Å². The molecular formula is C15H27NO3. The van der Waals surface area contributed by atoms with Gasteiger partial charge in [-0.15, -0.1) is 0 Å². The Hall–Kier alpha value is -1.06. The van der Waals surface area contributed by atoms with Gasteiger partial charge in [0.15, 0.2) is 0 Å². The van der Waals surface area contributed by atoms with E-state index in [1.54, 1.807) is 18.9 Å². The van der Waals surface area contributed by atoms with E-state index in [0.717, 1.165) is 0 Å². The second-order valence-corrected chi connectivity index (χ2v) is 6.58. The number of esters is 1. The van der Waals surface area contributed by atoms with Crippen molar-refractivity contribution in [2.75, 3.05) is 13.7 Å². The number of carbonyl (C=O) groups excluding carboxylic acids is 2. The summed E-state index contributed by atoms with van der Waals surface area (Å²) in [6.45, 7) is 9.84. The van der Waals surface area contributed by atoms with Crippen LogP contribution in [0, 0.1) is 17.3 Å². The van der Waals surface area contributed by atoms with Crippen molar-refractivity contribution in [2.45, 2.75) is 53.5 Å². The Labute approximate surface area is 116 Å². The van der Waals surface area contributed by atoms with Gasteiger partial charge >= 0.3 is 5.97 Å². The maximum absolute atomic E-state index is 12.6. The molecule has 4 heteroatoms. The van der Waals surface area contributed by atoms with Crippen LogP contribution in [-0.4, -0.2) is 36.5 Å². The zero-order valence-corrected chi connectivity index (χ0v) is 13.0. The average Bonchev–Trinajstić information content (AvgIpc) is 3.09. The Kier molecular flexibility index (Phi) is 4.99. The average molecular weight is 269 g/mol. The van der Waals surface area contributed by atoms with E-state index in [2.05, 4.69) is 6.92 Å². The normalized spacial score (nSPS) is 18.6. The van der Waals surface area contributed by atoms with Crippen LogP contribution >= 0.6 is 0 Å². The summed E-state index contributed by atoms with van der Waals surface area (Å²) in [7, 11) is 1.79. The van der Waals surface area contributed by atoms with Crippen molar-refractivity contribution in [2.24, 2.45) is 17.3 Å². The Balaban J connectivity index is 2.84. The third kappa shape index (κ3) is 3.95. The van der Waals surface area contributed by atoms with Crippen LogP contribution < -0.4 is 0 Å². The second kappa shape index (κ2) is 5.93. The third-order valence-electron chi connectivity index (χ3n) is 3.90. The molecule has 0 aromatic heterocycles. The highest BCUT2D eigenvalue weighted by Crippen LogP contribution is 2.36. The number of hydrogen-bond acceptors (Lipinski definition) is 3. The molecule has 0 heterocycles. The minimum Gasteiger partial charge on any atom is -0.465 e. The van der Waals surface area contributed by atoms with Gasteiger partial charge in [0.1, 0.15) is 5.92 Å². The first-order valence-electron chi connectivity index (χ1n) is 7.13. The lowest BCUT2D eigenvalue weighted by atomic mass is 9.79. The summed E-state index contributed by atoms with van der Waals surface area (Å²) >= 11 is 0. The lowest BCUT2D eigenvalue weighted by Gasteiger charge is -2.34. The minimum atomic E-state index is -0.723. The molecule has 0 aliphatic heterocycles. The standard InChI is InChI=1S/C15H27NO3/c1-7-19-14(18)12(15(3,4)5)13(17)16(6)10(2)11-8-9-11/h10-12H,7-9H2,1-6H3. The van der Waals surface area contributed by atoms with Crippen LogP contribution in [0.25, 0.3) is 0 Å². The number of hydrogen-bond donors (Lipinski definition) is 0. The largest absolute Gasteiger partial charge is 0.465 e. The van der Waals surface area contributed by atoms with Gasteiger partial charge in [0.05, 0.1) is 6.61 Å². The minimum absolute atomic E-state index is 0.120. The third-order valence-corrected chi connectivity index (χ3v) is 3.90. The predicted octanol–water partition coefficient (Wildman–Crippen LogP) is 2.47. The first-order valence-corrected chi connectivity index (χ1v) is 7.13. The fourth-order valence-electron chi connectivity index (χ4n) is 2.35. The molecule has 0 aromatic carbocycles. The van der Waals surface area contributed by atoms with Crippen LogP contribution in [0.3, 0.4) is 0 Å². The van der Waals surface area contributed by atoms with Gasteiger partial charge in [0.2, 0.25) is 5.91 Å². The molecule has 0 spiro atoms. The molecule has 0 radical (unpaired) electrons. The molecule has 0 N–H and O–H groups in total. The SMILES string of the molecule is CCOC(=O)C(C(=O)N(C)C(C)C1CC1)C(C)(C)C. The Bertz CT molecular complexity index is 342. The van der Waals surface area contributed by atoms with Crippen molar-refractivity contribution in [1.29, 1.82) is 0 Å². The van der Waals surface area contributed by atoms with Gasteiger partial charge in [-0.05, 0) is 38.0 Å². The number of carbonyl (C=O) groups is 2.